The molecule has 0 heterocycles. The van der Waals surface area contributed by atoms with Crippen molar-refractivity contribution in [2.24, 2.45) is 5.16 Å². The molecule has 24 heavy (non-hydrogen) atoms. The third-order valence-corrected chi connectivity index (χ3v) is 4.83. The second-order valence-electron chi connectivity index (χ2n) is 6.61. The van der Waals surface area contributed by atoms with E-state index in [1.807, 2.05) is 6.07 Å². The Bertz CT molecular complexity index is 671. The molecule has 1 saturated carbocycles. The van der Waals surface area contributed by atoms with Gasteiger partial charge < -0.3 is 4.84 Å². The van der Waals surface area contributed by atoms with Gasteiger partial charge in [-0.1, -0.05) is 73.8 Å². The molecule has 0 N–H and O–H groups in total. The second-order valence-corrected chi connectivity index (χ2v) is 6.61. The Hall–Kier alpha value is -2.09. The van der Waals surface area contributed by atoms with E-state index in [1.165, 1.54) is 43.2 Å². The number of rotatable bonds is 6. The smallest absolute Gasteiger partial charge is 0.142 e. The van der Waals surface area contributed by atoms with Gasteiger partial charge in [-0.3, -0.25) is 0 Å². The van der Waals surface area contributed by atoms with Gasteiger partial charge in [-0.25, -0.2) is 0 Å². The van der Waals surface area contributed by atoms with E-state index in [0.29, 0.717) is 12.5 Å². The lowest BCUT2D eigenvalue weighted by Gasteiger charge is -2.22. The molecule has 0 spiro atoms. The van der Waals surface area contributed by atoms with Gasteiger partial charge in [0.05, 0.1) is 0 Å². The molecule has 0 bridgehead atoms. The molecular formula is C22H26NO. The van der Waals surface area contributed by atoms with Crippen LogP contribution in [-0.2, 0) is 17.9 Å². The van der Waals surface area contributed by atoms with Crippen molar-refractivity contribution in [1.82, 2.24) is 0 Å². The topological polar surface area (TPSA) is 21.6 Å². The average Bonchev–Trinajstić information content (AvgIpc) is 2.66. The third kappa shape index (κ3) is 4.70. The lowest BCUT2D eigenvalue weighted by Crippen LogP contribution is -2.04. The van der Waals surface area contributed by atoms with E-state index in [2.05, 4.69) is 60.8 Å². The summed E-state index contributed by atoms with van der Waals surface area (Å²) < 4.78 is 0. The lowest BCUT2D eigenvalue weighted by atomic mass is 9.84. The Morgan fingerprint density at radius 3 is 2.62 bits per heavy atom. The highest BCUT2D eigenvalue weighted by atomic mass is 16.6. The molecule has 1 aliphatic rings. The second kappa shape index (κ2) is 8.68. The van der Waals surface area contributed by atoms with Crippen LogP contribution in [0, 0.1) is 0 Å². The summed E-state index contributed by atoms with van der Waals surface area (Å²) in [6.07, 6.45) is 10.8. The normalized spacial score (nSPS) is 15.7. The van der Waals surface area contributed by atoms with Crippen LogP contribution in [0.3, 0.4) is 0 Å². The van der Waals surface area contributed by atoms with Crippen LogP contribution in [-0.4, -0.2) is 6.21 Å². The molecule has 1 radical (unpaired) electrons. The van der Waals surface area contributed by atoms with E-state index >= 15 is 0 Å². The molecule has 3 rings (SSSR count). The van der Waals surface area contributed by atoms with Crippen molar-refractivity contribution in [2.75, 3.05) is 0 Å². The maximum absolute atomic E-state index is 5.42. The van der Waals surface area contributed by atoms with Crippen LogP contribution in [0.4, 0.5) is 0 Å². The van der Waals surface area contributed by atoms with Crippen molar-refractivity contribution in [3.05, 3.63) is 70.8 Å². The fraction of sp³-hybridized carbons (Fsp3) is 0.409. The van der Waals surface area contributed by atoms with Gasteiger partial charge in [0, 0.05) is 5.56 Å². The molecule has 2 heteroatoms. The molecule has 0 saturated heterocycles. The summed E-state index contributed by atoms with van der Waals surface area (Å²) in [4.78, 5) is 5.42. The minimum Gasteiger partial charge on any atom is -0.390 e. The highest BCUT2D eigenvalue weighted by Crippen LogP contribution is 2.32. The van der Waals surface area contributed by atoms with Crippen LogP contribution in [0.15, 0.2) is 53.7 Å². The summed E-state index contributed by atoms with van der Waals surface area (Å²) in [5.74, 6) is 0.707. The molecule has 0 unspecified atom stereocenters. The first-order valence-corrected chi connectivity index (χ1v) is 9.11. The van der Waals surface area contributed by atoms with E-state index in [9.17, 15) is 0 Å². The Balaban J connectivity index is 1.56. The van der Waals surface area contributed by atoms with E-state index < -0.39 is 0 Å². The van der Waals surface area contributed by atoms with Crippen LogP contribution in [0.5, 0.6) is 0 Å². The molecule has 125 valence electrons. The first-order valence-electron chi connectivity index (χ1n) is 9.11. The van der Waals surface area contributed by atoms with E-state index in [-0.39, 0.29) is 0 Å². The summed E-state index contributed by atoms with van der Waals surface area (Å²) >= 11 is 0. The van der Waals surface area contributed by atoms with Crippen molar-refractivity contribution in [3.8, 4) is 0 Å². The molecule has 2 aromatic rings. The zero-order valence-corrected chi connectivity index (χ0v) is 14.5. The van der Waals surface area contributed by atoms with Gasteiger partial charge in [-0.2, -0.15) is 0 Å². The molecule has 2 nitrogen and oxygen atoms in total. The first-order chi connectivity index (χ1) is 11.8. The summed E-state index contributed by atoms with van der Waals surface area (Å²) in [6.45, 7) is 2.65. The number of nitrogens with zero attached hydrogens (tertiary/aromatic N) is 1. The summed E-state index contributed by atoms with van der Waals surface area (Å²) in [6, 6.07) is 17.0. The zero-order chi connectivity index (χ0) is 16.6. The SMILES string of the molecule is CCc1cccc(CO/N=[C]\c2cccc(C3CCCCC3)c2)c1. The van der Waals surface area contributed by atoms with Crippen LogP contribution < -0.4 is 0 Å². The molecular weight excluding hydrogens is 294 g/mol. The number of hydrogen-bond donors (Lipinski definition) is 0. The summed E-state index contributed by atoms with van der Waals surface area (Å²) in [5.41, 5.74) is 4.89. The number of aryl methyl sites for hydroxylation is 1. The maximum atomic E-state index is 5.42. The zero-order valence-electron chi connectivity index (χ0n) is 14.5. The molecule has 0 amide bonds. The van der Waals surface area contributed by atoms with Gasteiger partial charge in [0.1, 0.15) is 12.8 Å². The Morgan fingerprint density at radius 2 is 1.79 bits per heavy atom. The van der Waals surface area contributed by atoms with Crippen molar-refractivity contribution < 1.29 is 4.84 Å². The first kappa shape index (κ1) is 16.8. The quantitative estimate of drug-likeness (QED) is 0.492. The number of benzene rings is 2. The van der Waals surface area contributed by atoms with Crippen molar-refractivity contribution in [3.63, 3.8) is 0 Å². The largest absolute Gasteiger partial charge is 0.390 e. The predicted molar refractivity (Wildman–Crippen MR) is 99.4 cm³/mol. The summed E-state index contributed by atoms with van der Waals surface area (Å²) in [5, 5.41) is 4.03. The van der Waals surface area contributed by atoms with Crippen LogP contribution in [0.25, 0.3) is 0 Å². The minimum absolute atomic E-state index is 0.489. The van der Waals surface area contributed by atoms with Gasteiger partial charge in [-0.15, -0.1) is 0 Å². The van der Waals surface area contributed by atoms with Gasteiger partial charge in [0.15, 0.2) is 0 Å². The molecule has 0 atom stereocenters. The van der Waals surface area contributed by atoms with Crippen LogP contribution in [0.2, 0.25) is 0 Å². The Morgan fingerprint density at radius 1 is 1.00 bits per heavy atom. The van der Waals surface area contributed by atoms with Gasteiger partial charge in [-0.05, 0) is 47.9 Å². The van der Waals surface area contributed by atoms with Gasteiger partial charge >= 0.3 is 0 Å². The standard InChI is InChI=1S/C22H26NO/c1-2-18-8-6-10-20(14-18)17-24-23-16-19-9-7-13-22(15-19)21-11-4-3-5-12-21/h6-10,13-15,21H,2-5,11-12,17H2,1H3. The summed E-state index contributed by atoms with van der Waals surface area (Å²) in [7, 11) is 0. The van der Waals surface area contributed by atoms with E-state index in [4.69, 9.17) is 4.84 Å². The molecule has 0 aliphatic heterocycles. The highest BCUT2D eigenvalue weighted by Gasteiger charge is 2.15. The van der Waals surface area contributed by atoms with Crippen molar-refractivity contribution in [2.45, 2.75) is 58.0 Å². The molecule has 0 aromatic heterocycles. The maximum Gasteiger partial charge on any atom is 0.142 e. The van der Waals surface area contributed by atoms with Gasteiger partial charge in [0.25, 0.3) is 0 Å². The monoisotopic (exact) mass is 320 g/mol. The highest BCUT2D eigenvalue weighted by molar-refractivity contribution is 5.79. The number of hydrogen-bond acceptors (Lipinski definition) is 2. The Kier molecular flexibility index (Phi) is 6.06. The molecule has 1 fully saturated rings. The Labute approximate surface area is 145 Å². The molecule has 2 aromatic carbocycles. The van der Waals surface area contributed by atoms with Crippen molar-refractivity contribution in [1.29, 1.82) is 0 Å². The fourth-order valence-electron chi connectivity index (χ4n) is 3.43. The fourth-order valence-corrected chi connectivity index (χ4v) is 3.43. The molecule has 1 aliphatic carbocycles. The average molecular weight is 320 g/mol. The predicted octanol–water partition coefficient (Wildman–Crippen LogP) is 5.72. The third-order valence-electron chi connectivity index (χ3n) is 4.83. The van der Waals surface area contributed by atoms with E-state index in [1.54, 1.807) is 0 Å². The van der Waals surface area contributed by atoms with Gasteiger partial charge in [0.2, 0.25) is 0 Å². The minimum atomic E-state index is 0.489. The van der Waals surface area contributed by atoms with Crippen LogP contribution in [0.1, 0.15) is 67.2 Å². The lowest BCUT2D eigenvalue weighted by molar-refractivity contribution is 0.132. The van der Waals surface area contributed by atoms with Crippen LogP contribution >= 0.6 is 0 Å². The van der Waals surface area contributed by atoms with Crippen molar-refractivity contribution >= 4 is 6.21 Å². The van der Waals surface area contributed by atoms with E-state index in [0.717, 1.165) is 17.5 Å².